The van der Waals surface area contributed by atoms with Crippen molar-refractivity contribution >= 4 is 11.6 Å². The molecule has 2 aromatic rings. The fraction of sp³-hybridized carbons (Fsp3) is 0.350. The molecule has 0 saturated heterocycles. The normalized spacial score (nSPS) is 16.4. The third-order valence-corrected chi connectivity index (χ3v) is 4.82. The number of fused-ring (bicyclic) bond motifs is 1. The number of hydrogen-bond donors (Lipinski definition) is 1. The van der Waals surface area contributed by atoms with E-state index in [9.17, 15) is 4.79 Å². The number of rotatable bonds is 4. The van der Waals surface area contributed by atoms with Gasteiger partial charge in [-0.1, -0.05) is 30.3 Å². The van der Waals surface area contributed by atoms with Crippen molar-refractivity contribution in [1.29, 1.82) is 0 Å². The van der Waals surface area contributed by atoms with Crippen molar-refractivity contribution in [3.8, 4) is 0 Å². The van der Waals surface area contributed by atoms with Crippen molar-refractivity contribution in [3.05, 3.63) is 64.7 Å². The van der Waals surface area contributed by atoms with Gasteiger partial charge in [0, 0.05) is 11.7 Å². The van der Waals surface area contributed by atoms with E-state index in [0.717, 1.165) is 18.5 Å². The van der Waals surface area contributed by atoms with E-state index in [4.69, 9.17) is 0 Å². The highest BCUT2D eigenvalue weighted by Crippen LogP contribution is 2.34. The largest absolute Gasteiger partial charge is 0.325 e. The molecular weight excluding hydrogens is 284 g/mol. The Hall–Kier alpha value is -2.13. The average Bonchev–Trinajstić information content (AvgIpc) is 2.95. The summed E-state index contributed by atoms with van der Waals surface area (Å²) in [4.78, 5) is 14.5. The lowest BCUT2D eigenvalue weighted by Gasteiger charge is -2.24. The summed E-state index contributed by atoms with van der Waals surface area (Å²) in [6, 6.07) is 14.9. The zero-order valence-corrected chi connectivity index (χ0v) is 14.1. The molecule has 3 nitrogen and oxygen atoms in total. The zero-order valence-electron chi connectivity index (χ0n) is 14.1. The lowest BCUT2D eigenvalue weighted by Crippen LogP contribution is -2.32. The van der Waals surface area contributed by atoms with Gasteiger partial charge in [-0.2, -0.15) is 0 Å². The van der Waals surface area contributed by atoms with Crippen LogP contribution in [-0.4, -0.2) is 24.4 Å². The molecule has 0 aliphatic heterocycles. The van der Waals surface area contributed by atoms with Gasteiger partial charge in [0.15, 0.2) is 0 Å². The fourth-order valence-electron chi connectivity index (χ4n) is 3.35. The summed E-state index contributed by atoms with van der Waals surface area (Å²) < 4.78 is 0. The van der Waals surface area contributed by atoms with Crippen molar-refractivity contribution in [2.75, 3.05) is 18.9 Å². The zero-order chi connectivity index (χ0) is 16.4. The summed E-state index contributed by atoms with van der Waals surface area (Å²) in [5.74, 6) is 0.0418. The molecule has 3 rings (SSSR count). The minimum atomic E-state index is 0.0418. The summed E-state index contributed by atoms with van der Waals surface area (Å²) in [5, 5.41) is 3.01. The average molecular weight is 308 g/mol. The number of nitrogens with one attached hydrogen (secondary N) is 1. The third kappa shape index (κ3) is 3.45. The molecule has 120 valence electrons. The number of aryl methyl sites for hydroxylation is 3. The summed E-state index contributed by atoms with van der Waals surface area (Å²) in [5.41, 5.74) is 6.09. The van der Waals surface area contributed by atoms with Crippen LogP contribution in [0.4, 0.5) is 5.69 Å². The van der Waals surface area contributed by atoms with Crippen molar-refractivity contribution in [2.24, 2.45) is 0 Å². The lowest BCUT2D eigenvalue weighted by atomic mass is 10.1. The summed E-state index contributed by atoms with van der Waals surface area (Å²) in [6.07, 6.45) is 2.19. The molecule has 3 heteroatoms. The molecule has 0 bridgehead atoms. The fourth-order valence-corrected chi connectivity index (χ4v) is 3.35. The lowest BCUT2D eigenvalue weighted by molar-refractivity contribution is -0.117. The molecule has 0 aromatic heterocycles. The molecule has 1 atom stereocenters. The van der Waals surface area contributed by atoms with Crippen molar-refractivity contribution < 1.29 is 4.79 Å². The molecule has 0 spiro atoms. The number of hydrogen-bond acceptors (Lipinski definition) is 2. The van der Waals surface area contributed by atoms with E-state index in [1.165, 1.54) is 22.3 Å². The number of nitrogens with zero attached hydrogens (tertiary/aromatic N) is 1. The molecule has 0 radical (unpaired) electrons. The highest BCUT2D eigenvalue weighted by molar-refractivity contribution is 5.92. The Bertz CT molecular complexity index is 723. The maximum absolute atomic E-state index is 12.3. The molecular formula is C20H24N2O. The van der Waals surface area contributed by atoms with Crippen LogP contribution in [0.25, 0.3) is 0 Å². The maximum Gasteiger partial charge on any atom is 0.238 e. The van der Waals surface area contributed by atoms with Gasteiger partial charge in [0.2, 0.25) is 5.91 Å². The van der Waals surface area contributed by atoms with E-state index in [-0.39, 0.29) is 5.91 Å². The monoisotopic (exact) mass is 308 g/mol. The Morgan fingerprint density at radius 3 is 2.74 bits per heavy atom. The molecule has 1 N–H and O–H groups in total. The van der Waals surface area contributed by atoms with E-state index in [2.05, 4.69) is 48.3 Å². The van der Waals surface area contributed by atoms with Crippen LogP contribution in [-0.2, 0) is 11.2 Å². The van der Waals surface area contributed by atoms with Gasteiger partial charge >= 0.3 is 0 Å². The number of benzene rings is 2. The first-order chi connectivity index (χ1) is 11.0. The van der Waals surface area contributed by atoms with Crippen LogP contribution in [0.5, 0.6) is 0 Å². The highest BCUT2D eigenvalue weighted by Gasteiger charge is 2.26. The minimum Gasteiger partial charge on any atom is -0.325 e. The van der Waals surface area contributed by atoms with Crippen LogP contribution < -0.4 is 5.32 Å². The van der Waals surface area contributed by atoms with E-state index < -0.39 is 0 Å². The van der Waals surface area contributed by atoms with Gasteiger partial charge in [-0.3, -0.25) is 9.69 Å². The minimum absolute atomic E-state index is 0.0418. The van der Waals surface area contributed by atoms with Gasteiger partial charge < -0.3 is 5.32 Å². The first-order valence-corrected chi connectivity index (χ1v) is 8.20. The van der Waals surface area contributed by atoms with Crippen LogP contribution in [0.15, 0.2) is 42.5 Å². The van der Waals surface area contributed by atoms with Crippen LogP contribution in [0.1, 0.15) is 34.7 Å². The van der Waals surface area contributed by atoms with Crippen molar-refractivity contribution in [2.45, 2.75) is 32.7 Å². The Labute approximate surface area is 138 Å². The summed E-state index contributed by atoms with van der Waals surface area (Å²) in [6.45, 7) is 4.55. The number of carbonyl (C=O) groups excluding carboxylic acids is 1. The van der Waals surface area contributed by atoms with Crippen LogP contribution in [0.2, 0.25) is 0 Å². The second kappa shape index (κ2) is 6.55. The Kier molecular flexibility index (Phi) is 4.49. The number of likely N-dealkylation sites (N-methyl/N-ethyl adjacent to an activating group) is 1. The Morgan fingerprint density at radius 2 is 1.96 bits per heavy atom. The second-order valence-electron chi connectivity index (χ2n) is 6.52. The standard InChI is InChI=1S/C20H24N2O/c1-14-8-10-17(12-15(14)2)21-20(23)13-22(3)19-11-9-16-6-4-5-7-18(16)19/h4-8,10,12,19H,9,11,13H2,1-3H3,(H,21,23)/t19-/m0/s1. The number of carbonyl (C=O) groups is 1. The quantitative estimate of drug-likeness (QED) is 0.930. The van der Waals surface area contributed by atoms with E-state index in [1.54, 1.807) is 0 Å². The molecule has 1 amide bonds. The first-order valence-electron chi connectivity index (χ1n) is 8.20. The molecule has 1 aliphatic rings. The van der Waals surface area contributed by atoms with E-state index >= 15 is 0 Å². The van der Waals surface area contributed by atoms with Gasteiger partial charge in [-0.25, -0.2) is 0 Å². The predicted molar refractivity (Wildman–Crippen MR) is 94.7 cm³/mol. The Balaban J connectivity index is 1.63. The second-order valence-corrected chi connectivity index (χ2v) is 6.52. The molecule has 2 aromatic carbocycles. The van der Waals surface area contributed by atoms with E-state index in [0.29, 0.717) is 12.6 Å². The molecule has 0 fully saturated rings. The molecule has 23 heavy (non-hydrogen) atoms. The molecule has 0 unspecified atom stereocenters. The summed E-state index contributed by atoms with van der Waals surface area (Å²) >= 11 is 0. The van der Waals surface area contributed by atoms with Crippen LogP contribution in [0, 0.1) is 13.8 Å². The van der Waals surface area contributed by atoms with Crippen LogP contribution >= 0.6 is 0 Å². The van der Waals surface area contributed by atoms with Gasteiger partial charge in [0.25, 0.3) is 0 Å². The SMILES string of the molecule is Cc1ccc(NC(=O)CN(C)[C@H]2CCc3ccccc32)cc1C. The van der Waals surface area contributed by atoms with Gasteiger partial charge in [-0.15, -0.1) is 0 Å². The van der Waals surface area contributed by atoms with Crippen molar-refractivity contribution in [1.82, 2.24) is 4.90 Å². The van der Waals surface area contributed by atoms with Gasteiger partial charge in [0.05, 0.1) is 6.54 Å². The first kappa shape index (κ1) is 15.8. The number of amides is 1. The van der Waals surface area contributed by atoms with Crippen LogP contribution in [0.3, 0.4) is 0 Å². The number of anilines is 1. The van der Waals surface area contributed by atoms with Gasteiger partial charge in [0.1, 0.15) is 0 Å². The highest BCUT2D eigenvalue weighted by atomic mass is 16.2. The van der Waals surface area contributed by atoms with Crippen molar-refractivity contribution in [3.63, 3.8) is 0 Å². The Morgan fingerprint density at radius 1 is 1.17 bits per heavy atom. The molecule has 1 aliphatic carbocycles. The van der Waals surface area contributed by atoms with E-state index in [1.807, 2.05) is 25.2 Å². The smallest absolute Gasteiger partial charge is 0.238 e. The molecule has 0 saturated carbocycles. The summed E-state index contributed by atoms with van der Waals surface area (Å²) in [7, 11) is 2.03. The maximum atomic E-state index is 12.3. The third-order valence-electron chi connectivity index (χ3n) is 4.82. The predicted octanol–water partition coefficient (Wildman–Crippen LogP) is 3.86. The van der Waals surface area contributed by atoms with Gasteiger partial charge in [-0.05, 0) is 68.1 Å². The molecule has 0 heterocycles. The topological polar surface area (TPSA) is 32.3 Å².